The van der Waals surface area contributed by atoms with E-state index in [0.717, 1.165) is 20.9 Å². The number of hydrogen-bond donors (Lipinski definition) is 3. The first-order valence-electron chi connectivity index (χ1n) is 9.87. The van der Waals surface area contributed by atoms with Crippen molar-refractivity contribution >= 4 is 29.3 Å². The molecule has 0 atom stereocenters. The number of aromatic nitrogens is 4. The Labute approximate surface area is 193 Å². The number of carboxylic acid groups (broad SMARTS) is 1. The number of rotatable bonds is 8. The lowest BCUT2D eigenvalue weighted by Crippen LogP contribution is -2.13. The largest absolute Gasteiger partial charge is 0.482 e. The maximum atomic E-state index is 12.9. The molecule has 1 heterocycles. The van der Waals surface area contributed by atoms with E-state index < -0.39 is 12.6 Å². The number of ether oxygens (including phenoxy) is 1. The minimum atomic E-state index is -1.07. The van der Waals surface area contributed by atoms with Gasteiger partial charge in [-0.25, -0.2) is 4.79 Å². The van der Waals surface area contributed by atoms with Crippen LogP contribution >= 0.6 is 11.8 Å². The summed E-state index contributed by atoms with van der Waals surface area (Å²) in [6, 6.07) is 19.8. The van der Waals surface area contributed by atoms with Crippen LogP contribution in [0.3, 0.4) is 0 Å². The molecule has 33 heavy (non-hydrogen) atoms. The third-order valence-corrected chi connectivity index (χ3v) is 5.71. The van der Waals surface area contributed by atoms with Gasteiger partial charge in [-0.05, 0) is 66.2 Å². The second kappa shape index (κ2) is 9.96. The minimum Gasteiger partial charge on any atom is -0.482 e. The Kier molecular flexibility index (Phi) is 6.65. The number of aromatic amines is 1. The van der Waals surface area contributed by atoms with Crippen molar-refractivity contribution < 1.29 is 19.4 Å². The SMILES string of the molecule is Cc1ccc(Sc2ccccc2-c2nn[nH]n2)c(NC(=O)c2ccc(OCC(=O)O)cc2)c1. The first kappa shape index (κ1) is 22.0. The molecule has 1 amide bonds. The number of tetrazole rings is 1. The van der Waals surface area contributed by atoms with Crippen LogP contribution in [-0.4, -0.2) is 44.2 Å². The number of carbonyl (C=O) groups is 2. The van der Waals surface area contributed by atoms with Crippen LogP contribution in [0.5, 0.6) is 5.75 Å². The van der Waals surface area contributed by atoms with Gasteiger partial charge in [0.25, 0.3) is 5.91 Å². The van der Waals surface area contributed by atoms with Gasteiger partial charge in [-0.3, -0.25) is 4.79 Å². The number of benzene rings is 3. The average Bonchev–Trinajstić information content (AvgIpc) is 3.35. The fourth-order valence-corrected chi connectivity index (χ4v) is 4.02. The summed E-state index contributed by atoms with van der Waals surface area (Å²) >= 11 is 1.48. The maximum absolute atomic E-state index is 12.9. The second-order valence-electron chi connectivity index (χ2n) is 6.99. The third kappa shape index (κ3) is 5.55. The summed E-state index contributed by atoms with van der Waals surface area (Å²) in [5.41, 5.74) is 2.91. The van der Waals surface area contributed by atoms with Crippen LogP contribution in [0.1, 0.15) is 15.9 Å². The smallest absolute Gasteiger partial charge is 0.341 e. The van der Waals surface area contributed by atoms with Gasteiger partial charge in [0.15, 0.2) is 6.61 Å². The van der Waals surface area contributed by atoms with Crippen LogP contribution in [0.4, 0.5) is 5.69 Å². The van der Waals surface area contributed by atoms with Crippen molar-refractivity contribution in [1.82, 2.24) is 20.6 Å². The molecule has 0 aliphatic heterocycles. The van der Waals surface area contributed by atoms with E-state index in [4.69, 9.17) is 9.84 Å². The Morgan fingerprint density at radius 1 is 1.06 bits per heavy atom. The Morgan fingerprint density at radius 3 is 2.58 bits per heavy atom. The maximum Gasteiger partial charge on any atom is 0.341 e. The lowest BCUT2D eigenvalue weighted by Gasteiger charge is -2.13. The van der Waals surface area contributed by atoms with Gasteiger partial charge < -0.3 is 15.2 Å². The monoisotopic (exact) mass is 461 g/mol. The van der Waals surface area contributed by atoms with Crippen molar-refractivity contribution in [2.45, 2.75) is 16.7 Å². The van der Waals surface area contributed by atoms with E-state index in [1.165, 1.54) is 11.8 Å². The second-order valence-corrected chi connectivity index (χ2v) is 8.08. The highest BCUT2D eigenvalue weighted by Gasteiger charge is 2.15. The summed E-state index contributed by atoms with van der Waals surface area (Å²) in [7, 11) is 0. The Hall–Kier alpha value is -4.18. The molecule has 1 aromatic heterocycles. The van der Waals surface area contributed by atoms with Gasteiger partial charge in [-0.2, -0.15) is 5.21 Å². The topological polar surface area (TPSA) is 130 Å². The van der Waals surface area contributed by atoms with Gasteiger partial charge in [0.05, 0.1) is 5.69 Å². The molecule has 166 valence electrons. The van der Waals surface area contributed by atoms with Gasteiger partial charge in [-0.1, -0.05) is 30.0 Å². The molecule has 0 radical (unpaired) electrons. The summed E-state index contributed by atoms with van der Waals surface area (Å²) in [6.45, 7) is 1.51. The summed E-state index contributed by atoms with van der Waals surface area (Å²) < 4.78 is 5.11. The van der Waals surface area contributed by atoms with E-state index in [1.807, 2.05) is 49.4 Å². The van der Waals surface area contributed by atoms with Crippen LogP contribution in [0.2, 0.25) is 0 Å². The fourth-order valence-electron chi connectivity index (χ4n) is 3.01. The highest BCUT2D eigenvalue weighted by molar-refractivity contribution is 7.99. The van der Waals surface area contributed by atoms with Crippen molar-refractivity contribution in [3.63, 3.8) is 0 Å². The molecule has 0 bridgehead atoms. The van der Waals surface area contributed by atoms with Crippen molar-refractivity contribution in [3.8, 4) is 17.1 Å². The molecule has 3 N–H and O–H groups in total. The zero-order valence-corrected chi connectivity index (χ0v) is 18.3. The normalized spacial score (nSPS) is 10.6. The number of hydrogen-bond acceptors (Lipinski definition) is 7. The molecule has 0 saturated heterocycles. The highest BCUT2D eigenvalue weighted by Crippen LogP contribution is 2.38. The zero-order chi connectivity index (χ0) is 23.2. The first-order valence-corrected chi connectivity index (χ1v) is 10.7. The summed E-state index contributed by atoms with van der Waals surface area (Å²) in [5, 5.41) is 25.9. The molecule has 0 aliphatic rings. The van der Waals surface area contributed by atoms with Crippen LogP contribution in [0, 0.1) is 6.92 Å². The zero-order valence-electron chi connectivity index (χ0n) is 17.5. The molecule has 3 aromatic carbocycles. The lowest BCUT2D eigenvalue weighted by atomic mass is 10.2. The molecule has 10 heteroatoms. The Balaban J connectivity index is 1.55. The molecule has 0 unspecified atom stereocenters. The number of aryl methyl sites for hydroxylation is 1. The van der Waals surface area contributed by atoms with E-state index in [1.54, 1.807) is 24.3 Å². The molecule has 4 aromatic rings. The fraction of sp³-hybridized carbons (Fsp3) is 0.0870. The van der Waals surface area contributed by atoms with Gasteiger partial charge in [0.1, 0.15) is 5.75 Å². The van der Waals surface area contributed by atoms with Crippen LogP contribution in [0.25, 0.3) is 11.4 Å². The number of carboxylic acids is 1. The van der Waals surface area contributed by atoms with Crippen LogP contribution in [0.15, 0.2) is 76.5 Å². The summed E-state index contributed by atoms with van der Waals surface area (Å²) in [5.74, 6) is -0.499. The number of nitrogens with zero attached hydrogens (tertiary/aromatic N) is 3. The molecule has 0 spiro atoms. The third-order valence-electron chi connectivity index (χ3n) is 4.56. The van der Waals surface area contributed by atoms with Gasteiger partial charge in [0.2, 0.25) is 5.82 Å². The minimum absolute atomic E-state index is 0.293. The van der Waals surface area contributed by atoms with Crippen molar-refractivity contribution in [2.75, 3.05) is 11.9 Å². The molecular weight excluding hydrogens is 442 g/mol. The van der Waals surface area contributed by atoms with E-state index >= 15 is 0 Å². The number of amides is 1. The predicted molar refractivity (Wildman–Crippen MR) is 122 cm³/mol. The quantitative estimate of drug-likeness (QED) is 0.358. The molecule has 0 fully saturated rings. The lowest BCUT2D eigenvalue weighted by molar-refractivity contribution is -0.139. The number of aliphatic carboxylic acids is 1. The van der Waals surface area contributed by atoms with Gasteiger partial charge in [-0.15, -0.1) is 10.2 Å². The van der Waals surface area contributed by atoms with Crippen LogP contribution < -0.4 is 10.1 Å². The standard InChI is InChI=1S/C23H19N5O4S/c1-14-6-11-20(33-19-5-3-2-4-17(19)22-25-27-28-26-22)18(12-14)24-23(31)15-7-9-16(10-8-15)32-13-21(29)30/h2-12H,13H2,1H3,(H,24,31)(H,29,30)(H,25,26,27,28). The molecular formula is C23H19N5O4S. The number of nitrogens with one attached hydrogen (secondary N) is 2. The first-order chi connectivity index (χ1) is 16.0. The molecule has 0 saturated carbocycles. The van der Waals surface area contributed by atoms with E-state index in [-0.39, 0.29) is 5.91 Å². The van der Waals surface area contributed by atoms with Gasteiger partial charge >= 0.3 is 5.97 Å². The molecule has 0 aliphatic carbocycles. The number of H-pyrrole nitrogens is 1. The van der Waals surface area contributed by atoms with Crippen molar-refractivity contribution in [2.24, 2.45) is 0 Å². The average molecular weight is 462 g/mol. The molecule has 9 nitrogen and oxygen atoms in total. The van der Waals surface area contributed by atoms with Crippen LogP contribution in [-0.2, 0) is 4.79 Å². The van der Waals surface area contributed by atoms with E-state index in [2.05, 4.69) is 25.9 Å². The summed E-state index contributed by atoms with van der Waals surface area (Å²) in [4.78, 5) is 25.3. The van der Waals surface area contributed by atoms with Gasteiger partial charge in [0, 0.05) is 20.9 Å². The number of carbonyl (C=O) groups excluding carboxylic acids is 1. The number of anilines is 1. The van der Waals surface area contributed by atoms with Crippen molar-refractivity contribution in [3.05, 3.63) is 77.9 Å². The highest BCUT2D eigenvalue weighted by atomic mass is 32.2. The summed E-state index contributed by atoms with van der Waals surface area (Å²) in [6.07, 6.45) is 0. The Bertz CT molecular complexity index is 1280. The van der Waals surface area contributed by atoms with Crippen molar-refractivity contribution in [1.29, 1.82) is 0 Å². The predicted octanol–water partition coefficient (Wildman–Crippen LogP) is 4.04. The van der Waals surface area contributed by atoms with E-state index in [9.17, 15) is 9.59 Å². The van der Waals surface area contributed by atoms with E-state index in [0.29, 0.717) is 22.8 Å². The Morgan fingerprint density at radius 2 is 1.85 bits per heavy atom. The molecule has 4 rings (SSSR count).